The van der Waals surface area contributed by atoms with Crippen LogP contribution in [0.5, 0.6) is 0 Å². The molecule has 4 heteroatoms. The maximum absolute atomic E-state index is 4.55. The summed E-state index contributed by atoms with van der Waals surface area (Å²) in [4.78, 5) is 11.4. The molecule has 1 N–H and O–H groups in total. The highest BCUT2D eigenvalue weighted by atomic mass is 15.2. The van der Waals surface area contributed by atoms with Gasteiger partial charge in [0.1, 0.15) is 11.6 Å². The van der Waals surface area contributed by atoms with Crippen LogP contribution >= 0.6 is 0 Å². The van der Waals surface area contributed by atoms with Crippen LogP contribution in [-0.4, -0.2) is 34.5 Å². The number of hydrogen-bond donors (Lipinski definition) is 1. The second-order valence-electron chi connectivity index (χ2n) is 4.73. The van der Waals surface area contributed by atoms with Crippen molar-refractivity contribution in [2.24, 2.45) is 0 Å². The quantitative estimate of drug-likeness (QED) is 0.808. The molecule has 0 aromatic carbocycles. The Kier molecular flexibility index (Phi) is 6.05. The molecular formula is C14H26N4. The van der Waals surface area contributed by atoms with E-state index in [1.807, 2.05) is 13.0 Å². The third-order valence-corrected chi connectivity index (χ3v) is 3.22. The highest BCUT2D eigenvalue weighted by Gasteiger charge is 2.12. The van der Waals surface area contributed by atoms with Gasteiger partial charge in [-0.3, -0.25) is 4.90 Å². The number of anilines is 1. The highest BCUT2D eigenvalue weighted by molar-refractivity contribution is 5.35. The Morgan fingerprint density at radius 1 is 1.22 bits per heavy atom. The van der Waals surface area contributed by atoms with E-state index >= 15 is 0 Å². The molecule has 0 bridgehead atoms. The van der Waals surface area contributed by atoms with E-state index in [1.165, 1.54) is 12.8 Å². The van der Waals surface area contributed by atoms with E-state index in [1.54, 1.807) is 0 Å². The summed E-state index contributed by atoms with van der Waals surface area (Å²) in [5, 5.41) is 3.25. The van der Waals surface area contributed by atoms with Crippen molar-refractivity contribution in [1.29, 1.82) is 0 Å². The van der Waals surface area contributed by atoms with Crippen molar-refractivity contribution in [3.05, 3.63) is 17.6 Å². The third kappa shape index (κ3) is 4.26. The molecule has 0 aliphatic heterocycles. The number of aromatic nitrogens is 2. The first kappa shape index (κ1) is 14.9. The Morgan fingerprint density at radius 2 is 1.89 bits per heavy atom. The summed E-state index contributed by atoms with van der Waals surface area (Å²) < 4.78 is 0. The predicted molar refractivity (Wildman–Crippen MR) is 76.8 cm³/mol. The van der Waals surface area contributed by atoms with Crippen LogP contribution in [0, 0.1) is 6.92 Å². The van der Waals surface area contributed by atoms with Crippen molar-refractivity contribution in [2.75, 3.05) is 18.9 Å². The molecule has 102 valence electrons. The van der Waals surface area contributed by atoms with Crippen LogP contribution in [0.4, 0.5) is 5.82 Å². The second-order valence-corrected chi connectivity index (χ2v) is 4.73. The molecule has 0 radical (unpaired) electrons. The van der Waals surface area contributed by atoms with E-state index in [0.717, 1.165) is 30.4 Å². The molecular weight excluding hydrogens is 224 g/mol. The standard InChI is InChI=1S/C14H26N4/c1-6-12(7-2)18(5)10-14-16-11(4)9-13(17-14)15-8-3/h9,12H,6-8,10H2,1-5H3,(H,15,16,17). The summed E-state index contributed by atoms with van der Waals surface area (Å²) in [5.41, 5.74) is 1.02. The van der Waals surface area contributed by atoms with Gasteiger partial charge in [-0.15, -0.1) is 0 Å². The van der Waals surface area contributed by atoms with E-state index in [-0.39, 0.29) is 0 Å². The minimum absolute atomic E-state index is 0.608. The lowest BCUT2D eigenvalue weighted by Crippen LogP contribution is -2.30. The van der Waals surface area contributed by atoms with Gasteiger partial charge in [0.2, 0.25) is 0 Å². The molecule has 0 saturated carbocycles. The third-order valence-electron chi connectivity index (χ3n) is 3.22. The van der Waals surface area contributed by atoms with Gasteiger partial charge >= 0.3 is 0 Å². The summed E-state index contributed by atoms with van der Waals surface area (Å²) in [6.07, 6.45) is 2.33. The summed E-state index contributed by atoms with van der Waals surface area (Å²) >= 11 is 0. The molecule has 1 rings (SSSR count). The zero-order valence-electron chi connectivity index (χ0n) is 12.3. The smallest absolute Gasteiger partial charge is 0.144 e. The first-order chi connectivity index (χ1) is 8.60. The zero-order chi connectivity index (χ0) is 13.5. The van der Waals surface area contributed by atoms with Crippen molar-refractivity contribution in [2.45, 2.75) is 53.1 Å². The van der Waals surface area contributed by atoms with E-state index in [4.69, 9.17) is 0 Å². The first-order valence-electron chi connectivity index (χ1n) is 6.89. The van der Waals surface area contributed by atoms with Gasteiger partial charge in [0.15, 0.2) is 0 Å². The average Bonchev–Trinajstić information content (AvgIpc) is 2.30. The molecule has 4 nitrogen and oxygen atoms in total. The number of nitrogens with one attached hydrogen (secondary N) is 1. The van der Waals surface area contributed by atoms with Crippen LogP contribution in [0.25, 0.3) is 0 Å². The Morgan fingerprint density at radius 3 is 2.44 bits per heavy atom. The van der Waals surface area contributed by atoms with Gasteiger partial charge in [-0.2, -0.15) is 0 Å². The second kappa shape index (κ2) is 7.31. The van der Waals surface area contributed by atoms with E-state index in [2.05, 4.69) is 48.0 Å². The fourth-order valence-electron chi connectivity index (χ4n) is 2.24. The molecule has 0 aliphatic carbocycles. The number of nitrogens with zero attached hydrogens (tertiary/aromatic N) is 3. The molecule has 1 aromatic heterocycles. The Labute approximate surface area is 111 Å². The lowest BCUT2D eigenvalue weighted by Gasteiger charge is -2.25. The first-order valence-corrected chi connectivity index (χ1v) is 6.89. The molecule has 0 fully saturated rings. The Hall–Kier alpha value is -1.16. The van der Waals surface area contributed by atoms with Crippen LogP contribution in [0.2, 0.25) is 0 Å². The number of rotatable bonds is 7. The molecule has 0 unspecified atom stereocenters. The van der Waals surface area contributed by atoms with Gasteiger partial charge in [-0.1, -0.05) is 13.8 Å². The van der Waals surface area contributed by atoms with Crippen molar-refractivity contribution >= 4 is 5.82 Å². The molecule has 0 aliphatic rings. The van der Waals surface area contributed by atoms with Crippen molar-refractivity contribution in [1.82, 2.24) is 14.9 Å². The molecule has 0 amide bonds. The Balaban J connectivity index is 2.77. The van der Waals surface area contributed by atoms with E-state index in [9.17, 15) is 0 Å². The summed E-state index contributed by atoms with van der Waals surface area (Å²) in [5.74, 6) is 1.83. The van der Waals surface area contributed by atoms with Crippen molar-refractivity contribution < 1.29 is 0 Å². The summed E-state index contributed by atoms with van der Waals surface area (Å²) in [6, 6.07) is 2.60. The predicted octanol–water partition coefficient (Wildman–Crippen LogP) is 2.84. The Bertz CT molecular complexity index is 361. The number of hydrogen-bond acceptors (Lipinski definition) is 4. The van der Waals surface area contributed by atoms with Gasteiger partial charge in [-0.05, 0) is 33.7 Å². The van der Waals surface area contributed by atoms with Crippen LogP contribution in [-0.2, 0) is 6.54 Å². The molecule has 18 heavy (non-hydrogen) atoms. The van der Waals surface area contributed by atoms with Gasteiger partial charge in [0.05, 0.1) is 6.54 Å². The maximum Gasteiger partial charge on any atom is 0.144 e. The van der Waals surface area contributed by atoms with E-state index < -0.39 is 0 Å². The number of aryl methyl sites for hydroxylation is 1. The fourth-order valence-corrected chi connectivity index (χ4v) is 2.24. The monoisotopic (exact) mass is 250 g/mol. The molecule has 1 aromatic rings. The van der Waals surface area contributed by atoms with Crippen LogP contribution in [0.15, 0.2) is 6.07 Å². The summed E-state index contributed by atoms with van der Waals surface area (Å²) in [6.45, 7) is 10.2. The minimum atomic E-state index is 0.608. The summed E-state index contributed by atoms with van der Waals surface area (Å²) in [7, 11) is 2.15. The van der Waals surface area contributed by atoms with E-state index in [0.29, 0.717) is 6.04 Å². The lowest BCUT2D eigenvalue weighted by atomic mass is 10.1. The van der Waals surface area contributed by atoms with Crippen LogP contribution < -0.4 is 5.32 Å². The fraction of sp³-hybridized carbons (Fsp3) is 0.714. The average molecular weight is 250 g/mol. The van der Waals surface area contributed by atoms with Gasteiger partial charge < -0.3 is 5.32 Å². The minimum Gasteiger partial charge on any atom is -0.370 e. The van der Waals surface area contributed by atoms with Gasteiger partial charge in [0.25, 0.3) is 0 Å². The molecule has 1 heterocycles. The van der Waals surface area contributed by atoms with Gasteiger partial charge in [-0.25, -0.2) is 9.97 Å². The highest BCUT2D eigenvalue weighted by Crippen LogP contribution is 2.11. The molecule has 0 spiro atoms. The van der Waals surface area contributed by atoms with Crippen LogP contribution in [0.1, 0.15) is 45.1 Å². The normalized spacial score (nSPS) is 11.3. The molecule has 0 atom stereocenters. The molecule has 0 saturated heterocycles. The zero-order valence-corrected chi connectivity index (χ0v) is 12.3. The lowest BCUT2D eigenvalue weighted by molar-refractivity contribution is 0.216. The van der Waals surface area contributed by atoms with Crippen LogP contribution in [0.3, 0.4) is 0 Å². The maximum atomic E-state index is 4.55. The van der Waals surface area contributed by atoms with Gasteiger partial charge in [0, 0.05) is 24.3 Å². The SMILES string of the molecule is CCNc1cc(C)nc(CN(C)C(CC)CC)n1. The topological polar surface area (TPSA) is 41.1 Å². The van der Waals surface area contributed by atoms with Crippen molar-refractivity contribution in [3.63, 3.8) is 0 Å². The van der Waals surface area contributed by atoms with Crippen molar-refractivity contribution in [3.8, 4) is 0 Å². The largest absolute Gasteiger partial charge is 0.370 e.